The number of hydrogen-bond donors (Lipinski definition) is 0. The van der Waals surface area contributed by atoms with Crippen LogP contribution in [0.1, 0.15) is 19.8 Å². The second kappa shape index (κ2) is 5.78. The molecule has 0 radical (unpaired) electrons. The highest BCUT2D eigenvalue weighted by Crippen LogP contribution is 2.20. The Balaban J connectivity index is 1.88. The Bertz CT molecular complexity index is 383. The lowest BCUT2D eigenvalue weighted by Gasteiger charge is -2.21. The van der Waals surface area contributed by atoms with Gasteiger partial charge in [0.05, 0.1) is 10.7 Å². The fourth-order valence-corrected chi connectivity index (χ4v) is 2.39. The van der Waals surface area contributed by atoms with Gasteiger partial charge in [-0.05, 0) is 48.8 Å². The molecule has 1 unspecified atom stereocenters. The van der Waals surface area contributed by atoms with Gasteiger partial charge in [-0.3, -0.25) is 4.90 Å². The molecule has 0 aliphatic carbocycles. The van der Waals surface area contributed by atoms with Gasteiger partial charge in [0, 0.05) is 12.6 Å². The van der Waals surface area contributed by atoms with Crippen molar-refractivity contribution in [3.05, 3.63) is 22.7 Å². The molecule has 2 heterocycles. The third-order valence-corrected chi connectivity index (χ3v) is 3.38. The van der Waals surface area contributed by atoms with E-state index < -0.39 is 5.95 Å². The van der Waals surface area contributed by atoms with Gasteiger partial charge < -0.3 is 4.74 Å². The first-order valence-corrected chi connectivity index (χ1v) is 6.64. The first-order chi connectivity index (χ1) is 8.15. The SMILES string of the molecule is CC(CN1CCCC1)Oc1cnc(F)c(Br)c1. The molecule has 5 heteroatoms. The summed E-state index contributed by atoms with van der Waals surface area (Å²) in [6, 6.07) is 1.61. The van der Waals surface area contributed by atoms with Crippen molar-refractivity contribution >= 4 is 15.9 Å². The van der Waals surface area contributed by atoms with Crippen molar-refractivity contribution in [3.63, 3.8) is 0 Å². The van der Waals surface area contributed by atoms with Crippen molar-refractivity contribution in [2.45, 2.75) is 25.9 Å². The van der Waals surface area contributed by atoms with Crippen molar-refractivity contribution in [2.75, 3.05) is 19.6 Å². The van der Waals surface area contributed by atoms with Crippen LogP contribution >= 0.6 is 15.9 Å². The average Bonchev–Trinajstić information content (AvgIpc) is 2.76. The Hall–Kier alpha value is -0.680. The molecule has 0 amide bonds. The number of likely N-dealkylation sites (tertiary alicyclic amines) is 1. The van der Waals surface area contributed by atoms with Crippen molar-refractivity contribution in [3.8, 4) is 5.75 Å². The van der Waals surface area contributed by atoms with Gasteiger partial charge in [0.25, 0.3) is 0 Å². The highest BCUT2D eigenvalue weighted by Gasteiger charge is 2.15. The van der Waals surface area contributed by atoms with Crippen molar-refractivity contribution in [2.24, 2.45) is 0 Å². The van der Waals surface area contributed by atoms with E-state index in [0.29, 0.717) is 10.2 Å². The Labute approximate surface area is 109 Å². The maximum atomic E-state index is 12.9. The Morgan fingerprint density at radius 2 is 2.24 bits per heavy atom. The van der Waals surface area contributed by atoms with Crippen LogP contribution in [0.4, 0.5) is 4.39 Å². The first-order valence-electron chi connectivity index (χ1n) is 5.85. The molecule has 1 aromatic heterocycles. The standard InChI is InChI=1S/C12H16BrFN2O/c1-9(8-16-4-2-3-5-16)17-10-6-11(13)12(14)15-7-10/h6-7,9H,2-5,8H2,1H3. The van der Waals surface area contributed by atoms with E-state index in [0.717, 1.165) is 19.6 Å². The van der Waals surface area contributed by atoms with E-state index in [2.05, 4.69) is 25.8 Å². The monoisotopic (exact) mass is 302 g/mol. The number of ether oxygens (including phenoxy) is 1. The van der Waals surface area contributed by atoms with Gasteiger partial charge in [-0.2, -0.15) is 4.39 Å². The summed E-state index contributed by atoms with van der Waals surface area (Å²) in [5, 5.41) is 0. The van der Waals surface area contributed by atoms with E-state index in [1.54, 1.807) is 6.07 Å². The van der Waals surface area contributed by atoms with Crippen LogP contribution in [0.2, 0.25) is 0 Å². The molecule has 1 saturated heterocycles. The molecule has 94 valence electrons. The zero-order valence-electron chi connectivity index (χ0n) is 9.83. The first kappa shape index (κ1) is 12.8. The molecule has 3 nitrogen and oxygen atoms in total. The molecule has 1 fully saturated rings. The van der Waals surface area contributed by atoms with E-state index in [-0.39, 0.29) is 6.10 Å². The zero-order chi connectivity index (χ0) is 12.3. The summed E-state index contributed by atoms with van der Waals surface area (Å²) in [6.07, 6.45) is 4.06. The number of rotatable bonds is 4. The van der Waals surface area contributed by atoms with E-state index in [4.69, 9.17) is 4.74 Å². The van der Waals surface area contributed by atoms with Gasteiger partial charge in [0.1, 0.15) is 11.9 Å². The summed E-state index contributed by atoms with van der Waals surface area (Å²) in [4.78, 5) is 6.00. The summed E-state index contributed by atoms with van der Waals surface area (Å²) in [7, 11) is 0. The largest absolute Gasteiger partial charge is 0.488 e. The number of pyridine rings is 1. The van der Waals surface area contributed by atoms with Crippen molar-refractivity contribution < 1.29 is 9.13 Å². The third kappa shape index (κ3) is 3.64. The van der Waals surface area contributed by atoms with E-state index in [9.17, 15) is 4.39 Å². The maximum Gasteiger partial charge on any atom is 0.227 e. The van der Waals surface area contributed by atoms with Crippen LogP contribution in [-0.2, 0) is 0 Å². The molecule has 0 bridgehead atoms. The van der Waals surface area contributed by atoms with Crippen LogP contribution in [0.3, 0.4) is 0 Å². The number of halogens is 2. The molecule has 0 saturated carbocycles. The predicted octanol–water partition coefficient (Wildman–Crippen LogP) is 2.85. The van der Waals surface area contributed by atoms with Crippen molar-refractivity contribution in [1.29, 1.82) is 0 Å². The second-order valence-electron chi connectivity index (χ2n) is 4.38. The number of hydrogen-bond acceptors (Lipinski definition) is 3. The van der Waals surface area contributed by atoms with Crippen LogP contribution in [0, 0.1) is 5.95 Å². The van der Waals surface area contributed by atoms with Crippen LogP contribution < -0.4 is 4.74 Å². The van der Waals surface area contributed by atoms with E-state index >= 15 is 0 Å². The predicted molar refractivity (Wildman–Crippen MR) is 67.7 cm³/mol. The van der Waals surface area contributed by atoms with Crippen molar-refractivity contribution in [1.82, 2.24) is 9.88 Å². The smallest absolute Gasteiger partial charge is 0.227 e. The Morgan fingerprint density at radius 3 is 2.88 bits per heavy atom. The van der Waals surface area contributed by atoms with Gasteiger partial charge in [-0.1, -0.05) is 0 Å². The summed E-state index contributed by atoms with van der Waals surface area (Å²) in [6.45, 7) is 5.24. The highest BCUT2D eigenvalue weighted by molar-refractivity contribution is 9.10. The lowest BCUT2D eigenvalue weighted by atomic mass is 10.3. The average molecular weight is 303 g/mol. The fraction of sp³-hybridized carbons (Fsp3) is 0.583. The summed E-state index contributed by atoms with van der Waals surface area (Å²) in [5.41, 5.74) is 0. The van der Waals surface area contributed by atoms with E-state index in [1.807, 2.05) is 6.92 Å². The van der Waals surface area contributed by atoms with Gasteiger partial charge in [0.2, 0.25) is 5.95 Å². The maximum absolute atomic E-state index is 12.9. The highest BCUT2D eigenvalue weighted by atomic mass is 79.9. The Morgan fingerprint density at radius 1 is 1.53 bits per heavy atom. The van der Waals surface area contributed by atoms with Crippen LogP contribution in [0.15, 0.2) is 16.7 Å². The fourth-order valence-electron chi connectivity index (χ4n) is 2.07. The molecular formula is C12H16BrFN2O. The molecule has 1 aliphatic rings. The molecule has 0 spiro atoms. The molecule has 0 N–H and O–H groups in total. The molecule has 1 atom stereocenters. The summed E-state index contributed by atoms with van der Waals surface area (Å²) in [5.74, 6) is 0.0921. The van der Waals surface area contributed by atoms with Gasteiger partial charge in [-0.25, -0.2) is 4.98 Å². The van der Waals surface area contributed by atoms with Crippen LogP contribution in [-0.4, -0.2) is 35.6 Å². The Kier molecular flexibility index (Phi) is 4.34. The van der Waals surface area contributed by atoms with Crippen LogP contribution in [0.25, 0.3) is 0 Å². The molecule has 0 aromatic carbocycles. The second-order valence-corrected chi connectivity index (χ2v) is 5.23. The lowest BCUT2D eigenvalue weighted by molar-refractivity contribution is 0.161. The summed E-state index contributed by atoms with van der Waals surface area (Å²) < 4.78 is 19.0. The topological polar surface area (TPSA) is 25.4 Å². The van der Waals surface area contributed by atoms with Gasteiger partial charge in [0.15, 0.2) is 0 Å². The van der Waals surface area contributed by atoms with Gasteiger partial charge in [-0.15, -0.1) is 0 Å². The molecular weight excluding hydrogens is 287 g/mol. The quantitative estimate of drug-likeness (QED) is 0.800. The third-order valence-electron chi connectivity index (χ3n) is 2.82. The molecule has 1 aliphatic heterocycles. The van der Waals surface area contributed by atoms with Gasteiger partial charge >= 0.3 is 0 Å². The number of nitrogens with zero attached hydrogens (tertiary/aromatic N) is 2. The molecule has 2 rings (SSSR count). The molecule has 1 aromatic rings. The minimum absolute atomic E-state index is 0.0901. The zero-order valence-corrected chi connectivity index (χ0v) is 11.4. The normalized spacial score (nSPS) is 18.3. The minimum Gasteiger partial charge on any atom is -0.488 e. The van der Waals surface area contributed by atoms with E-state index in [1.165, 1.54) is 19.0 Å². The number of aromatic nitrogens is 1. The summed E-state index contributed by atoms with van der Waals surface area (Å²) >= 11 is 3.10. The van der Waals surface area contributed by atoms with Crippen LogP contribution in [0.5, 0.6) is 5.75 Å². The minimum atomic E-state index is -0.510. The molecule has 17 heavy (non-hydrogen) atoms. The lowest BCUT2D eigenvalue weighted by Crippen LogP contribution is -2.31.